The van der Waals surface area contributed by atoms with E-state index in [2.05, 4.69) is 194 Å². The molecule has 0 aromatic heterocycles. The summed E-state index contributed by atoms with van der Waals surface area (Å²) in [6.07, 6.45) is 4.07. The van der Waals surface area contributed by atoms with Gasteiger partial charge in [0.25, 0.3) is 0 Å². The van der Waals surface area contributed by atoms with Gasteiger partial charge in [0.15, 0.2) is 0 Å². The molecule has 8 rings (SSSR count). The molecule has 0 spiro atoms. The average molecular weight is 825 g/mol. The lowest BCUT2D eigenvalue weighted by molar-refractivity contribution is -0.131. The number of anilines is 6. The molecule has 5 nitrogen and oxygen atoms in total. The number of ether oxygens (including phenoxy) is 2. The van der Waals surface area contributed by atoms with Gasteiger partial charge in [-0.2, -0.15) is 0 Å². The molecular formula is C58H52N2O3. The maximum Gasteiger partial charge on any atom is 0.308 e. The van der Waals surface area contributed by atoms with Crippen LogP contribution in [0, 0.1) is 20.8 Å². The van der Waals surface area contributed by atoms with Crippen LogP contribution in [0.5, 0.6) is 11.5 Å². The van der Waals surface area contributed by atoms with E-state index in [-0.39, 0.29) is 5.97 Å². The minimum atomic E-state index is -0.345. The lowest BCUT2D eigenvalue weighted by Crippen LogP contribution is -2.11. The van der Waals surface area contributed by atoms with Crippen LogP contribution in [0.1, 0.15) is 51.4 Å². The summed E-state index contributed by atoms with van der Waals surface area (Å²) < 4.78 is 10.8. The first-order valence-electron chi connectivity index (χ1n) is 21.4. The average Bonchev–Trinajstić information content (AvgIpc) is 3.31. The highest BCUT2D eigenvalue weighted by Crippen LogP contribution is 2.38. The Morgan fingerprint density at radius 2 is 0.889 bits per heavy atom. The highest BCUT2D eigenvalue weighted by molar-refractivity contribution is 5.92. The first-order valence-corrected chi connectivity index (χ1v) is 21.4. The van der Waals surface area contributed by atoms with E-state index in [1.807, 2.05) is 36.4 Å². The van der Waals surface area contributed by atoms with Crippen LogP contribution in [-0.2, 0) is 17.6 Å². The van der Waals surface area contributed by atoms with Crippen LogP contribution in [0.15, 0.2) is 194 Å². The van der Waals surface area contributed by atoms with Gasteiger partial charge < -0.3 is 19.3 Å². The van der Waals surface area contributed by atoms with Gasteiger partial charge >= 0.3 is 5.97 Å². The summed E-state index contributed by atoms with van der Waals surface area (Å²) in [5, 5.41) is 0. The Balaban J connectivity index is 1.02. The Bertz CT molecular complexity index is 2790. The van der Waals surface area contributed by atoms with E-state index in [0.29, 0.717) is 5.75 Å². The smallest absolute Gasteiger partial charge is 0.308 e. The van der Waals surface area contributed by atoms with Gasteiger partial charge in [-0.05, 0) is 170 Å². The second-order valence-electron chi connectivity index (χ2n) is 16.0. The summed E-state index contributed by atoms with van der Waals surface area (Å²) in [6.45, 7) is 7.82. The Morgan fingerprint density at radius 3 is 1.33 bits per heavy atom. The van der Waals surface area contributed by atoms with E-state index in [1.165, 1.54) is 40.4 Å². The van der Waals surface area contributed by atoms with E-state index in [1.54, 1.807) is 7.11 Å². The molecule has 0 fully saturated rings. The van der Waals surface area contributed by atoms with Gasteiger partial charge in [0, 0.05) is 41.0 Å². The molecule has 0 saturated carbocycles. The Labute approximate surface area is 372 Å². The fourth-order valence-corrected chi connectivity index (χ4v) is 7.85. The summed E-state index contributed by atoms with van der Waals surface area (Å²) in [5.74, 6) is 0.962. The Morgan fingerprint density at radius 1 is 0.476 bits per heavy atom. The largest absolute Gasteiger partial charge is 0.497 e. The van der Waals surface area contributed by atoms with Gasteiger partial charge in [-0.15, -0.1) is 0 Å². The van der Waals surface area contributed by atoms with Gasteiger partial charge in [0.2, 0.25) is 0 Å². The van der Waals surface area contributed by atoms with Crippen molar-refractivity contribution in [1.82, 2.24) is 0 Å². The minimum absolute atomic E-state index is 0.345. The van der Waals surface area contributed by atoms with Crippen LogP contribution in [0.25, 0.3) is 11.6 Å². The zero-order chi connectivity index (χ0) is 43.7. The van der Waals surface area contributed by atoms with Crippen molar-refractivity contribution in [3.8, 4) is 11.5 Å². The molecule has 0 atom stereocenters. The van der Waals surface area contributed by atoms with Gasteiger partial charge in [-0.25, -0.2) is 0 Å². The molecule has 0 aliphatic carbocycles. The van der Waals surface area contributed by atoms with E-state index in [0.717, 1.165) is 69.3 Å². The lowest BCUT2D eigenvalue weighted by Gasteiger charge is -2.27. The topological polar surface area (TPSA) is 42.0 Å². The summed E-state index contributed by atoms with van der Waals surface area (Å²) >= 11 is 0. The van der Waals surface area contributed by atoms with E-state index >= 15 is 0 Å². The van der Waals surface area contributed by atoms with Crippen molar-refractivity contribution in [2.24, 2.45) is 0 Å². The third-order valence-corrected chi connectivity index (χ3v) is 11.3. The first kappa shape index (κ1) is 42.1. The highest BCUT2D eigenvalue weighted by Gasteiger charge is 2.16. The van der Waals surface area contributed by atoms with E-state index in [9.17, 15) is 4.79 Å². The maximum atomic E-state index is 11.6. The molecular weight excluding hydrogens is 773 g/mol. The number of nitrogens with zero attached hydrogens (tertiary/aromatic N) is 2. The fraction of sp³-hybridized carbons (Fsp3) is 0.121. The van der Waals surface area contributed by atoms with Crippen molar-refractivity contribution in [2.75, 3.05) is 16.9 Å². The van der Waals surface area contributed by atoms with Gasteiger partial charge in [0.1, 0.15) is 11.5 Å². The number of para-hydroxylation sites is 1. The number of carbonyl (C=O) groups is 1. The molecule has 0 aliphatic rings. The molecule has 0 saturated heterocycles. The Kier molecular flexibility index (Phi) is 13.0. The predicted octanol–water partition coefficient (Wildman–Crippen LogP) is 14.9. The van der Waals surface area contributed by atoms with E-state index in [4.69, 9.17) is 9.47 Å². The first-order chi connectivity index (χ1) is 30.7. The number of esters is 1. The Hall–Kier alpha value is -7.63. The van der Waals surface area contributed by atoms with Crippen molar-refractivity contribution in [1.29, 1.82) is 0 Å². The zero-order valence-electron chi connectivity index (χ0n) is 36.6. The third-order valence-electron chi connectivity index (χ3n) is 11.3. The molecule has 8 aromatic carbocycles. The van der Waals surface area contributed by atoms with Crippen molar-refractivity contribution < 1.29 is 14.3 Å². The van der Waals surface area contributed by atoms with Gasteiger partial charge in [-0.1, -0.05) is 114 Å². The normalized spacial score (nSPS) is 11.2. The standard InChI is InChI=1S/C58H52N2O3/c1-41-10-26-50(27-11-41)59(52-34-20-47(21-35-52)40-57(48-22-36-55(62-5)37-23-48)49-24-38-56(39-25-49)63-44(4)61)51-30-16-45(17-31-51)14-15-46-18-32-54(33-19-46)60(53-28-12-42(2)13-29-53)58-9-7-6-8-43(58)3/h6-13,16-40H,14-15H2,1-5H3. The number of benzene rings is 8. The number of methoxy groups -OCH3 is 1. The van der Waals surface area contributed by atoms with Crippen LogP contribution in [0.2, 0.25) is 0 Å². The number of hydrogen-bond donors (Lipinski definition) is 0. The predicted molar refractivity (Wildman–Crippen MR) is 262 cm³/mol. The molecule has 0 unspecified atom stereocenters. The van der Waals surface area contributed by atoms with Gasteiger partial charge in [0.05, 0.1) is 7.11 Å². The van der Waals surface area contributed by atoms with Gasteiger partial charge in [-0.3, -0.25) is 4.79 Å². The molecule has 0 N–H and O–H groups in total. The van der Waals surface area contributed by atoms with Crippen LogP contribution in [-0.4, -0.2) is 13.1 Å². The molecule has 312 valence electrons. The van der Waals surface area contributed by atoms with E-state index < -0.39 is 0 Å². The van der Waals surface area contributed by atoms with Crippen molar-refractivity contribution in [2.45, 2.75) is 40.5 Å². The van der Waals surface area contributed by atoms with Crippen LogP contribution >= 0.6 is 0 Å². The van der Waals surface area contributed by atoms with Crippen molar-refractivity contribution in [3.63, 3.8) is 0 Å². The zero-order valence-corrected chi connectivity index (χ0v) is 36.6. The third kappa shape index (κ3) is 10.3. The van der Waals surface area contributed by atoms with Crippen LogP contribution in [0.4, 0.5) is 34.1 Å². The lowest BCUT2D eigenvalue weighted by atomic mass is 9.95. The summed E-state index contributed by atoms with van der Waals surface area (Å²) in [5.41, 5.74) is 17.1. The summed E-state index contributed by atoms with van der Waals surface area (Å²) in [6, 6.07) is 68.3. The maximum absolute atomic E-state index is 11.6. The number of rotatable bonds is 14. The summed E-state index contributed by atoms with van der Waals surface area (Å²) in [4.78, 5) is 16.2. The molecule has 0 radical (unpaired) electrons. The second kappa shape index (κ2) is 19.4. The number of carbonyl (C=O) groups excluding carboxylic acids is 1. The fourth-order valence-electron chi connectivity index (χ4n) is 7.85. The molecule has 0 amide bonds. The molecule has 5 heteroatoms. The monoisotopic (exact) mass is 824 g/mol. The minimum Gasteiger partial charge on any atom is -0.497 e. The second-order valence-corrected chi connectivity index (χ2v) is 16.0. The summed E-state index contributed by atoms with van der Waals surface area (Å²) in [7, 11) is 1.67. The highest BCUT2D eigenvalue weighted by atomic mass is 16.5. The molecule has 8 aromatic rings. The van der Waals surface area contributed by atoms with Crippen molar-refractivity contribution >= 4 is 51.7 Å². The van der Waals surface area contributed by atoms with Crippen LogP contribution < -0.4 is 19.3 Å². The molecule has 0 aliphatic heterocycles. The van der Waals surface area contributed by atoms with Crippen molar-refractivity contribution in [3.05, 3.63) is 239 Å². The quantitative estimate of drug-likeness (QED) is 0.0621. The number of aryl methyl sites for hydroxylation is 5. The number of hydrogen-bond acceptors (Lipinski definition) is 5. The van der Waals surface area contributed by atoms with Crippen LogP contribution in [0.3, 0.4) is 0 Å². The molecule has 0 bridgehead atoms. The SMILES string of the molecule is COc1ccc(C(=Cc2ccc(N(c3ccc(C)cc3)c3ccc(CCc4ccc(N(c5ccc(C)cc5)c5ccccc5C)cc4)cc3)cc2)c2ccc(OC(C)=O)cc2)cc1. The molecule has 0 heterocycles. The molecule has 63 heavy (non-hydrogen) atoms.